The Morgan fingerprint density at radius 1 is 1.09 bits per heavy atom. The van der Waals surface area contributed by atoms with Gasteiger partial charge in [0.25, 0.3) is 0 Å². The molecule has 0 bridgehead atoms. The normalized spacial score (nSPS) is 18.3. The number of nitrogens with zero attached hydrogens (tertiary/aromatic N) is 2. The van der Waals surface area contributed by atoms with Crippen molar-refractivity contribution >= 4 is 27.7 Å². The van der Waals surface area contributed by atoms with Gasteiger partial charge in [0, 0.05) is 25.8 Å². The third-order valence-electron chi connectivity index (χ3n) is 6.55. The summed E-state index contributed by atoms with van der Waals surface area (Å²) in [5.74, 6) is 0.517. The van der Waals surface area contributed by atoms with Crippen LogP contribution in [0.5, 0.6) is 0 Å². The van der Waals surface area contributed by atoms with E-state index in [2.05, 4.69) is 21.1 Å². The number of ether oxygens (including phenoxy) is 1. The Morgan fingerprint density at radius 2 is 1.75 bits per heavy atom. The summed E-state index contributed by atoms with van der Waals surface area (Å²) < 4.78 is 40.7. The van der Waals surface area contributed by atoms with Gasteiger partial charge in [-0.15, -0.1) is 0 Å². The van der Waals surface area contributed by atoms with Gasteiger partial charge < -0.3 is 14.5 Å². The Balaban J connectivity index is 1.41. The molecule has 5 rings (SSSR count). The second kappa shape index (κ2) is 8.40. The van der Waals surface area contributed by atoms with E-state index in [-0.39, 0.29) is 11.9 Å². The fraction of sp³-hybridized carbons (Fsp3) is 0.545. The topological polar surface area (TPSA) is 114 Å². The molecule has 0 unspecified atom stereocenters. The number of carbonyl (C=O) groups is 1. The lowest BCUT2D eigenvalue weighted by Crippen LogP contribution is -2.51. The molecule has 1 aromatic carbocycles. The van der Waals surface area contributed by atoms with Crippen molar-refractivity contribution in [2.75, 3.05) is 22.8 Å². The van der Waals surface area contributed by atoms with E-state index >= 15 is 0 Å². The molecule has 9 nitrogen and oxygen atoms in total. The minimum Gasteiger partial charge on any atom is -0.447 e. The molecule has 1 saturated heterocycles. The maximum absolute atomic E-state index is 13.3. The predicted molar refractivity (Wildman–Crippen MR) is 119 cm³/mol. The number of benzene rings is 1. The minimum atomic E-state index is -4.22. The van der Waals surface area contributed by atoms with Gasteiger partial charge in [-0.05, 0) is 73.6 Å². The van der Waals surface area contributed by atoms with Gasteiger partial charge >= 0.3 is 16.2 Å². The van der Waals surface area contributed by atoms with Crippen molar-refractivity contribution in [1.82, 2.24) is 9.71 Å². The molecule has 2 amide bonds. The molecule has 0 saturated carbocycles. The van der Waals surface area contributed by atoms with Crippen LogP contribution in [0.1, 0.15) is 53.8 Å². The summed E-state index contributed by atoms with van der Waals surface area (Å²) in [6.45, 7) is 2.54. The molecule has 1 fully saturated rings. The van der Waals surface area contributed by atoms with E-state index in [4.69, 9.17) is 9.15 Å². The number of hydrogen-bond acceptors (Lipinski definition) is 6. The number of oxazole rings is 1. The standard InChI is InChI=1S/C22H28N4O5S/c1-14-23-20(13-31-14)26(17-8-10-30-11-9-17)32(28,29)25-22(27)24-21-18-6-2-4-15(18)12-16-5-3-7-19(16)21/h12-13,17H,2-11H2,1H3,(H2,24,25,27). The third kappa shape index (κ3) is 3.97. The zero-order chi connectivity index (χ0) is 22.3. The summed E-state index contributed by atoms with van der Waals surface area (Å²) in [6, 6.07) is 1.14. The summed E-state index contributed by atoms with van der Waals surface area (Å²) in [5, 5.41) is 2.89. The Kier molecular flexibility index (Phi) is 5.58. The lowest BCUT2D eigenvalue weighted by Gasteiger charge is -2.32. The molecule has 2 N–H and O–H groups in total. The zero-order valence-corrected chi connectivity index (χ0v) is 19.0. The molecule has 0 spiro atoms. The number of fused-ring (bicyclic) bond motifs is 2. The highest BCUT2D eigenvalue weighted by Crippen LogP contribution is 2.38. The quantitative estimate of drug-likeness (QED) is 0.709. The molecule has 2 aromatic rings. The van der Waals surface area contributed by atoms with Crippen molar-refractivity contribution < 1.29 is 22.4 Å². The number of urea groups is 1. The van der Waals surface area contributed by atoms with E-state index in [0.717, 1.165) is 59.6 Å². The van der Waals surface area contributed by atoms with Gasteiger partial charge in [-0.2, -0.15) is 13.4 Å². The molecule has 3 aliphatic rings. The number of nitrogens with one attached hydrogen (secondary N) is 2. The van der Waals surface area contributed by atoms with Crippen LogP contribution in [0.2, 0.25) is 0 Å². The highest BCUT2D eigenvalue weighted by atomic mass is 32.2. The lowest BCUT2D eigenvalue weighted by atomic mass is 9.99. The van der Waals surface area contributed by atoms with Crippen LogP contribution in [0.3, 0.4) is 0 Å². The minimum absolute atomic E-state index is 0.163. The van der Waals surface area contributed by atoms with Crippen LogP contribution in [0.25, 0.3) is 0 Å². The molecule has 2 heterocycles. The average molecular weight is 461 g/mol. The summed E-state index contributed by atoms with van der Waals surface area (Å²) in [6.07, 6.45) is 8.22. The summed E-state index contributed by atoms with van der Waals surface area (Å²) in [4.78, 5) is 17.2. The molecule has 1 aromatic heterocycles. The van der Waals surface area contributed by atoms with Gasteiger partial charge in [0.1, 0.15) is 6.26 Å². The highest BCUT2D eigenvalue weighted by molar-refractivity contribution is 7.91. The summed E-state index contributed by atoms with van der Waals surface area (Å²) in [7, 11) is -4.22. The maximum atomic E-state index is 13.3. The number of anilines is 2. The van der Waals surface area contributed by atoms with Crippen molar-refractivity contribution in [1.29, 1.82) is 0 Å². The number of rotatable bonds is 5. The van der Waals surface area contributed by atoms with Crippen molar-refractivity contribution in [3.05, 3.63) is 40.5 Å². The number of amides is 2. The molecule has 0 atom stereocenters. The average Bonchev–Trinajstić information content (AvgIpc) is 3.49. The van der Waals surface area contributed by atoms with Crippen LogP contribution < -0.4 is 14.3 Å². The SMILES string of the molecule is Cc1nc(N(C2CCOCC2)S(=O)(=O)NC(=O)Nc2c3c(cc4c2CCC4)CCC3)co1. The van der Waals surface area contributed by atoms with Crippen LogP contribution in [0.4, 0.5) is 16.3 Å². The van der Waals surface area contributed by atoms with Crippen molar-refractivity contribution in [3.8, 4) is 0 Å². The van der Waals surface area contributed by atoms with Gasteiger partial charge in [-0.3, -0.25) is 0 Å². The Labute approximate surface area is 187 Å². The molecular formula is C22H28N4O5S. The van der Waals surface area contributed by atoms with Crippen LogP contribution >= 0.6 is 0 Å². The van der Waals surface area contributed by atoms with E-state index in [1.807, 2.05) is 0 Å². The number of aryl methyl sites for hydroxylation is 3. The first-order valence-electron chi connectivity index (χ1n) is 11.2. The van der Waals surface area contributed by atoms with Crippen molar-refractivity contribution in [2.45, 2.75) is 64.3 Å². The Morgan fingerprint density at radius 3 is 2.34 bits per heavy atom. The van der Waals surface area contributed by atoms with Crippen LogP contribution in [-0.2, 0) is 40.6 Å². The number of hydrogen-bond donors (Lipinski definition) is 2. The van der Waals surface area contributed by atoms with Crippen LogP contribution in [0, 0.1) is 6.92 Å². The molecule has 1 aliphatic heterocycles. The van der Waals surface area contributed by atoms with E-state index in [0.29, 0.717) is 31.9 Å². The molecule has 2 aliphatic carbocycles. The fourth-order valence-electron chi connectivity index (χ4n) is 5.15. The largest absolute Gasteiger partial charge is 0.447 e. The third-order valence-corrected chi connectivity index (χ3v) is 7.99. The predicted octanol–water partition coefficient (Wildman–Crippen LogP) is 3.01. The van der Waals surface area contributed by atoms with E-state index < -0.39 is 16.2 Å². The van der Waals surface area contributed by atoms with E-state index in [1.165, 1.54) is 17.4 Å². The molecule has 0 radical (unpaired) electrons. The summed E-state index contributed by atoms with van der Waals surface area (Å²) >= 11 is 0. The van der Waals surface area contributed by atoms with Crippen molar-refractivity contribution in [2.24, 2.45) is 0 Å². The maximum Gasteiger partial charge on any atom is 0.334 e. The summed E-state index contributed by atoms with van der Waals surface area (Å²) in [5.41, 5.74) is 5.63. The van der Waals surface area contributed by atoms with Crippen LogP contribution in [-0.4, -0.2) is 38.7 Å². The van der Waals surface area contributed by atoms with Gasteiger partial charge in [-0.25, -0.2) is 13.8 Å². The lowest BCUT2D eigenvalue weighted by molar-refractivity contribution is 0.0874. The number of carbonyl (C=O) groups excluding carboxylic acids is 1. The molecular weight excluding hydrogens is 432 g/mol. The smallest absolute Gasteiger partial charge is 0.334 e. The first kappa shape index (κ1) is 21.3. The molecule has 10 heteroatoms. The number of aromatic nitrogens is 1. The fourth-order valence-corrected chi connectivity index (χ4v) is 6.47. The Hall–Kier alpha value is -2.59. The van der Waals surface area contributed by atoms with E-state index in [9.17, 15) is 13.2 Å². The monoisotopic (exact) mass is 460 g/mol. The van der Waals surface area contributed by atoms with E-state index in [1.54, 1.807) is 6.92 Å². The molecule has 172 valence electrons. The Bertz CT molecular complexity index is 1110. The molecule has 32 heavy (non-hydrogen) atoms. The second-order valence-electron chi connectivity index (χ2n) is 8.66. The van der Waals surface area contributed by atoms with Crippen LogP contribution in [0.15, 0.2) is 16.7 Å². The first-order chi connectivity index (χ1) is 15.4. The van der Waals surface area contributed by atoms with Gasteiger partial charge in [-0.1, -0.05) is 6.07 Å². The first-order valence-corrected chi connectivity index (χ1v) is 12.7. The van der Waals surface area contributed by atoms with Gasteiger partial charge in [0.05, 0.1) is 6.04 Å². The second-order valence-corrected chi connectivity index (χ2v) is 10.2. The van der Waals surface area contributed by atoms with Gasteiger partial charge in [0.15, 0.2) is 11.7 Å². The zero-order valence-electron chi connectivity index (χ0n) is 18.1. The van der Waals surface area contributed by atoms with Crippen molar-refractivity contribution in [3.63, 3.8) is 0 Å². The highest BCUT2D eigenvalue weighted by Gasteiger charge is 2.35. The van der Waals surface area contributed by atoms with Gasteiger partial charge in [0.2, 0.25) is 0 Å².